The molecule has 0 fully saturated rings. The summed E-state index contributed by atoms with van der Waals surface area (Å²) in [7, 11) is 1.87. The average Bonchev–Trinajstić information content (AvgIpc) is 2.78. The van der Waals surface area contributed by atoms with Gasteiger partial charge in [-0.05, 0) is 19.4 Å². The maximum Gasteiger partial charge on any atom is 0.222 e. The highest BCUT2D eigenvalue weighted by atomic mass is 35.5. The van der Waals surface area contributed by atoms with E-state index in [0.717, 1.165) is 16.8 Å². The number of rotatable bonds is 5. The van der Waals surface area contributed by atoms with E-state index < -0.39 is 0 Å². The third-order valence-corrected chi connectivity index (χ3v) is 3.53. The fourth-order valence-corrected chi connectivity index (χ4v) is 2.44. The predicted octanol–water partition coefficient (Wildman–Crippen LogP) is 2.42. The number of aromatic nitrogens is 2. The molecule has 0 aliphatic carbocycles. The van der Waals surface area contributed by atoms with E-state index in [1.165, 1.54) is 0 Å². The van der Waals surface area contributed by atoms with E-state index in [-0.39, 0.29) is 36.8 Å². The monoisotopic (exact) mass is 322 g/mol. The molecule has 2 rings (SSSR count). The molecule has 2 unspecified atom stereocenters. The third kappa shape index (κ3) is 4.58. The fraction of sp³-hybridized carbons (Fsp3) is 0.375. The third-order valence-electron chi connectivity index (χ3n) is 3.53. The Bertz CT molecular complexity index is 612. The van der Waals surface area contributed by atoms with E-state index >= 15 is 0 Å². The molecule has 0 spiro atoms. The second-order valence-corrected chi connectivity index (χ2v) is 5.35. The van der Waals surface area contributed by atoms with Crippen LogP contribution in [0.15, 0.2) is 36.5 Å². The van der Waals surface area contributed by atoms with Gasteiger partial charge >= 0.3 is 0 Å². The lowest BCUT2D eigenvalue weighted by Crippen LogP contribution is -2.30. The Kier molecular flexibility index (Phi) is 6.59. The van der Waals surface area contributed by atoms with Crippen LogP contribution in [0.1, 0.15) is 42.2 Å². The van der Waals surface area contributed by atoms with Crippen molar-refractivity contribution < 1.29 is 4.79 Å². The van der Waals surface area contributed by atoms with Gasteiger partial charge in [-0.1, -0.05) is 30.3 Å². The molecule has 0 aliphatic rings. The van der Waals surface area contributed by atoms with Crippen molar-refractivity contribution in [3.05, 3.63) is 53.3 Å². The number of aryl methyl sites for hydroxylation is 2. The lowest BCUT2D eigenvalue weighted by Gasteiger charge is -2.16. The molecular formula is C16H23ClN4O. The maximum absolute atomic E-state index is 12.1. The van der Waals surface area contributed by atoms with E-state index in [1.54, 1.807) is 4.68 Å². The van der Waals surface area contributed by atoms with Gasteiger partial charge in [-0.2, -0.15) is 5.10 Å². The Labute approximate surface area is 137 Å². The quantitative estimate of drug-likeness (QED) is 0.888. The minimum atomic E-state index is -0.284. The Hall–Kier alpha value is -1.85. The molecular weight excluding hydrogens is 300 g/mol. The number of carbonyl (C=O) groups excluding carboxylic acids is 1. The van der Waals surface area contributed by atoms with Crippen LogP contribution in [0.2, 0.25) is 0 Å². The van der Waals surface area contributed by atoms with Crippen molar-refractivity contribution in [2.45, 2.75) is 32.4 Å². The highest BCUT2D eigenvalue weighted by Gasteiger charge is 2.16. The summed E-state index contributed by atoms with van der Waals surface area (Å²) in [5, 5.41) is 7.27. The summed E-state index contributed by atoms with van der Waals surface area (Å²) in [6.07, 6.45) is 2.20. The standard InChI is InChI=1S/C16H22N4O.ClH/c1-11(14-10-20(3)19-12(14)2)18-16(21)9-15(17)13-7-5-4-6-8-13;/h4-8,10-11,15H,9,17H2,1-3H3,(H,18,21);1H. The summed E-state index contributed by atoms with van der Waals surface area (Å²) in [6.45, 7) is 3.89. The second-order valence-electron chi connectivity index (χ2n) is 5.35. The van der Waals surface area contributed by atoms with Gasteiger partial charge in [0, 0.05) is 31.3 Å². The molecule has 2 aromatic rings. The summed E-state index contributed by atoms with van der Waals surface area (Å²) in [6, 6.07) is 9.30. The Morgan fingerprint density at radius 3 is 2.55 bits per heavy atom. The number of carbonyl (C=O) groups is 1. The summed E-state index contributed by atoms with van der Waals surface area (Å²) >= 11 is 0. The van der Waals surface area contributed by atoms with Crippen molar-refractivity contribution in [2.75, 3.05) is 0 Å². The molecule has 3 N–H and O–H groups in total. The van der Waals surface area contributed by atoms with Crippen LogP contribution in [0.4, 0.5) is 0 Å². The maximum atomic E-state index is 12.1. The van der Waals surface area contributed by atoms with Crippen molar-refractivity contribution in [3.8, 4) is 0 Å². The van der Waals surface area contributed by atoms with Crippen molar-refractivity contribution >= 4 is 18.3 Å². The van der Waals surface area contributed by atoms with Gasteiger partial charge in [-0.25, -0.2) is 0 Å². The first kappa shape index (κ1) is 18.2. The van der Waals surface area contributed by atoms with E-state index in [0.29, 0.717) is 0 Å². The minimum Gasteiger partial charge on any atom is -0.349 e. The molecule has 1 heterocycles. The Balaban J connectivity index is 0.00000242. The highest BCUT2D eigenvalue weighted by Crippen LogP contribution is 2.17. The first-order valence-electron chi connectivity index (χ1n) is 7.07. The lowest BCUT2D eigenvalue weighted by atomic mass is 10.0. The van der Waals surface area contributed by atoms with Crippen LogP contribution < -0.4 is 11.1 Å². The molecule has 1 aromatic carbocycles. The molecule has 0 saturated carbocycles. The van der Waals surface area contributed by atoms with E-state index in [9.17, 15) is 4.79 Å². The molecule has 0 radical (unpaired) electrons. The van der Waals surface area contributed by atoms with Gasteiger partial charge in [0.25, 0.3) is 0 Å². The number of benzene rings is 1. The predicted molar refractivity (Wildman–Crippen MR) is 89.7 cm³/mol. The van der Waals surface area contributed by atoms with Crippen LogP contribution in [0, 0.1) is 6.92 Å². The summed E-state index contributed by atoms with van der Waals surface area (Å²) in [5.41, 5.74) is 8.99. The van der Waals surface area contributed by atoms with E-state index in [2.05, 4.69) is 10.4 Å². The highest BCUT2D eigenvalue weighted by molar-refractivity contribution is 5.85. The van der Waals surface area contributed by atoms with Gasteiger partial charge < -0.3 is 11.1 Å². The number of nitrogens with zero attached hydrogens (tertiary/aromatic N) is 2. The van der Waals surface area contributed by atoms with Crippen LogP contribution in [-0.4, -0.2) is 15.7 Å². The summed E-state index contributed by atoms with van der Waals surface area (Å²) in [4.78, 5) is 12.1. The SMILES string of the molecule is Cc1nn(C)cc1C(C)NC(=O)CC(N)c1ccccc1.Cl. The van der Waals surface area contributed by atoms with Crippen LogP contribution in [0.3, 0.4) is 0 Å². The molecule has 0 aliphatic heterocycles. The van der Waals surface area contributed by atoms with Crippen molar-refractivity contribution in [1.82, 2.24) is 15.1 Å². The van der Waals surface area contributed by atoms with E-state index in [4.69, 9.17) is 5.73 Å². The molecule has 0 bridgehead atoms. The molecule has 120 valence electrons. The number of nitrogens with two attached hydrogens (primary N) is 1. The van der Waals surface area contributed by atoms with Crippen molar-refractivity contribution in [1.29, 1.82) is 0 Å². The summed E-state index contributed by atoms with van der Waals surface area (Å²) < 4.78 is 1.75. The van der Waals surface area contributed by atoms with Crippen molar-refractivity contribution in [3.63, 3.8) is 0 Å². The van der Waals surface area contributed by atoms with Gasteiger partial charge in [-0.15, -0.1) is 12.4 Å². The van der Waals surface area contributed by atoms with Gasteiger partial charge in [0.2, 0.25) is 5.91 Å². The number of halogens is 1. The fourth-order valence-electron chi connectivity index (χ4n) is 2.44. The molecule has 0 saturated heterocycles. The Morgan fingerprint density at radius 1 is 1.36 bits per heavy atom. The number of amides is 1. The van der Waals surface area contributed by atoms with Gasteiger partial charge in [0.1, 0.15) is 0 Å². The minimum absolute atomic E-state index is 0. The van der Waals surface area contributed by atoms with Crippen LogP contribution in [0.25, 0.3) is 0 Å². The molecule has 1 amide bonds. The molecule has 1 aromatic heterocycles. The van der Waals surface area contributed by atoms with Gasteiger partial charge in [0.15, 0.2) is 0 Å². The van der Waals surface area contributed by atoms with Crippen LogP contribution in [-0.2, 0) is 11.8 Å². The Morgan fingerprint density at radius 2 is 2.00 bits per heavy atom. The average molecular weight is 323 g/mol. The number of hydrogen-bond acceptors (Lipinski definition) is 3. The molecule has 22 heavy (non-hydrogen) atoms. The topological polar surface area (TPSA) is 72.9 Å². The number of hydrogen-bond donors (Lipinski definition) is 2. The number of nitrogens with one attached hydrogen (secondary N) is 1. The molecule has 6 heteroatoms. The first-order chi connectivity index (χ1) is 9.97. The van der Waals surface area contributed by atoms with Gasteiger partial charge in [-0.3, -0.25) is 9.48 Å². The lowest BCUT2D eigenvalue weighted by molar-refractivity contribution is -0.122. The normalized spacial score (nSPS) is 13.1. The van der Waals surface area contributed by atoms with Gasteiger partial charge in [0.05, 0.1) is 11.7 Å². The molecule has 5 nitrogen and oxygen atoms in total. The zero-order valence-electron chi connectivity index (χ0n) is 13.1. The van der Waals surface area contributed by atoms with Crippen molar-refractivity contribution in [2.24, 2.45) is 12.8 Å². The zero-order chi connectivity index (χ0) is 15.4. The first-order valence-corrected chi connectivity index (χ1v) is 7.07. The smallest absolute Gasteiger partial charge is 0.222 e. The van der Waals surface area contributed by atoms with E-state index in [1.807, 2.05) is 57.4 Å². The molecule has 2 atom stereocenters. The van der Waals surface area contributed by atoms with Crippen LogP contribution in [0.5, 0.6) is 0 Å². The van der Waals surface area contributed by atoms with Crippen LogP contribution >= 0.6 is 12.4 Å². The largest absolute Gasteiger partial charge is 0.349 e. The summed E-state index contributed by atoms with van der Waals surface area (Å²) in [5.74, 6) is -0.0536. The zero-order valence-corrected chi connectivity index (χ0v) is 13.9. The second kappa shape index (κ2) is 7.96.